The van der Waals surface area contributed by atoms with Crippen molar-refractivity contribution in [1.82, 2.24) is 10.3 Å². The number of aryl methyl sites for hydroxylation is 1. The first-order chi connectivity index (χ1) is 9.60. The Morgan fingerprint density at radius 1 is 1.40 bits per heavy atom. The number of rotatable bonds is 3. The number of anilines is 1. The summed E-state index contributed by atoms with van der Waals surface area (Å²) in [5, 5.41) is 16.0. The standard InChI is InChI=1S/C15H21N3O2/c1-9-2-5-13(19)15(16-9)18-14(20)8-10-6-11-3-4-12(7-10)17-11/h2,5,10-12,17,19H,3-4,6-8H2,1H3,(H,16,18,20). The molecule has 3 heterocycles. The summed E-state index contributed by atoms with van der Waals surface area (Å²) in [4.78, 5) is 16.2. The molecule has 2 atom stereocenters. The van der Waals surface area contributed by atoms with Gasteiger partial charge in [0.25, 0.3) is 0 Å². The van der Waals surface area contributed by atoms with Crippen LogP contribution in [0.3, 0.4) is 0 Å². The number of amides is 1. The van der Waals surface area contributed by atoms with Gasteiger partial charge in [0.05, 0.1) is 0 Å². The fourth-order valence-electron chi connectivity index (χ4n) is 3.43. The Balaban J connectivity index is 1.58. The predicted molar refractivity (Wildman–Crippen MR) is 76.6 cm³/mol. The van der Waals surface area contributed by atoms with Gasteiger partial charge in [-0.25, -0.2) is 4.98 Å². The van der Waals surface area contributed by atoms with Crippen LogP contribution in [0, 0.1) is 12.8 Å². The van der Waals surface area contributed by atoms with Gasteiger partial charge in [-0.05, 0) is 50.7 Å². The molecule has 108 valence electrons. The van der Waals surface area contributed by atoms with Gasteiger partial charge in [0.1, 0.15) is 0 Å². The highest BCUT2D eigenvalue weighted by Gasteiger charge is 2.34. The highest BCUT2D eigenvalue weighted by atomic mass is 16.3. The molecule has 1 aromatic heterocycles. The van der Waals surface area contributed by atoms with E-state index in [1.54, 1.807) is 12.1 Å². The average molecular weight is 275 g/mol. The Labute approximate surface area is 118 Å². The topological polar surface area (TPSA) is 74.2 Å². The highest BCUT2D eigenvalue weighted by Crippen LogP contribution is 2.33. The molecule has 0 spiro atoms. The fraction of sp³-hybridized carbons (Fsp3) is 0.600. The molecule has 2 saturated heterocycles. The summed E-state index contributed by atoms with van der Waals surface area (Å²) < 4.78 is 0. The van der Waals surface area contributed by atoms with Crippen molar-refractivity contribution in [2.75, 3.05) is 5.32 Å². The number of nitrogens with one attached hydrogen (secondary N) is 2. The number of aromatic nitrogens is 1. The summed E-state index contributed by atoms with van der Waals surface area (Å²) in [5.41, 5.74) is 0.776. The Morgan fingerprint density at radius 3 is 2.80 bits per heavy atom. The van der Waals surface area contributed by atoms with Crippen LogP contribution in [0.15, 0.2) is 12.1 Å². The van der Waals surface area contributed by atoms with Crippen LogP contribution in [0.1, 0.15) is 37.8 Å². The van der Waals surface area contributed by atoms with E-state index in [0.717, 1.165) is 18.5 Å². The van der Waals surface area contributed by atoms with Crippen molar-refractivity contribution >= 4 is 11.7 Å². The largest absolute Gasteiger partial charge is 0.504 e. The average Bonchev–Trinajstić information content (AvgIpc) is 2.73. The molecule has 2 aliphatic rings. The minimum absolute atomic E-state index is 0.0225. The zero-order valence-electron chi connectivity index (χ0n) is 11.7. The van der Waals surface area contributed by atoms with E-state index < -0.39 is 0 Å². The summed E-state index contributed by atoms with van der Waals surface area (Å²) in [7, 11) is 0. The summed E-state index contributed by atoms with van der Waals surface area (Å²) in [5.74, 6) is 0.687. The van der Waals surface area contributed by atoms with E-state index in [9.17, 15) is 9.90 Å². The second-order valence-corrected chi connectivity index (χ2v) is 6.05. The first-order valence-corrected chi connectivity index (χ1v) is 7.32. The molecule has 5 nitrogen and oxygen atoms in total. The van der Waals surface area contributed by atoms with Gasteiger partial charge in [-0.15, -0.1) is 0 Å². The molecule has 0 aliphatic carbocycles. The normalized spacial score (nSPS) is 28.4. The number of hydrogen-bond donors (Lipinski definition) is 3. The minimum atomic E-state index is -0.0512. The van der Waals surface area contributed by atoms with Crippen LogP contribution in [0.4, 0.5) is 5.82 Å². The first-order valence-electron chi connectivity index (χ1n) is 7.32. The van der Waals surface area contributed by atoms with Gasteiger partial charge in [0, 0.05) is 24.2 Å². The summed E-state index contributed by atoms with van der Waals surface area (Å²) >= 11 is 0. The number of nitrogens with zero attached hydrogens (tertiary/aromatic N) is 1. The molecule has 2 aliphatic heterocycles. The molecular weight excluding hydrogens is 254 g/mol. The lowest BCUT2D eigenvalue weighted by molar-refractivity contribution is -0.117. The number of piperidine rings is 1. The molecule has 1 amide bonds. The third kappa shape index (κ3) is 2.93. The van der Waals surface area contributed by atoms with Gasteiger partial charge < -0.3 is 15.7 Å². The lowest BCUT2D eigenvalue weighted by Crippen LogP contribution is -2.39. The number of hydrogen-bond acceptors (Lipinski definition) is 4. The van der Waals surface area contributed by atoms with Crippen molar-refractivity contribution < 1.29 is 9.90 Å². The molecule has 2 bridgehead atoms. The molecule has 2 fully saturated rings. The van der Waals surface area contributed by atoms with Crippen molar-refractivity contribution in [1.29, 1.82) is 0 Å². The Morgan fingerprint density at radius 2 is 2.10 bits per heavy atom. The second-order valence-electron chi connectivity index (χ2n) is 6.05. The van der Waals surface area contributed by atoms with E-state index in [-0.39, 0.29) is 17.5 Å². The van der Waals surface area contributed by atoms with Crippen molar-refractivity contribution in [3.63, 3.8) is 0 Å². The minimum Gasteiger partial charge on any atom is -0.504 e. The Hall–Kier alpha value is -1.62. The van der Waals surface area contributed by atoms with Gasteiger partial charge in [0.15, 0.2) is 11.6 Å². The van der Waals surface area contributed by atoms with Crippen molar-refractivity contribution in [3.05, 3.63) is 17.8 Å². The van der Waals surface area contributed by atoms with Crippen LogP contribution in [0.5, 0.6) is 5.75 Å². The van der Waals surface area contributed by atoms with Gasteiger partial charge >= 0.3 is 0 Å². The zero-order valence-corrected chi connectivity index (χ0v) is 11.7. The maximum Gasteiger partial charge on any atom is 0.225 e. The van der Waals surface area contributed by atoms with E-state index in [1.807, 2.05) is 6.92 Å². The van der Waals surface area contributed by atoms with Crippen LogP contribution in [0.25, 0.3) is 0 Å². The summed E-state index contributed by atoms with van der Waals surface area (Å²) in [6.45, 7) is 1.83. The Kier molecular flexibility index (Phi) is 3.61. The first kappa shape index (κ1) is 13.4. The van der Waals surface area contributed by atoms with Crippen LogP contribution in [-0.4, -0.2) is 28.1 Å². The Bertz CT molecular complexity index is 506. The number of pyridine rings is 1. The van der Waals surface area contributed by atoms with Crippen LogP contribution in [-0.2, 0) is 4.79 Å². The van der Waals surface area contributed by atoms with E-state index in [2.05, 4.69) is 15.6 Å². The molecule has 0 aromatic carbocycles. The molecule has 3 N–H and O–H groups in total. The summed E-state index contributed by atoms with van der Waals surface area (Å²) in [6.07, 6.45) is 5.16. The molecule has 2 unspecified atom stereocenters. The number of carbonyl (C=O) groups excluding carboxylic acids is 1. The molecule has 1 aromatic rings. The van der Waals surface area contributed by atoms with E-state index in [4.69, 9.17) is 0 Å². The van der Waals surface area contributed by atoms with E-state index in [0.29, 0.717) is 24.4 Å². The highest BCUT2D eigenvalue weighted by molar-refractivity contribution is 5.91. The monoisotopic (exact) mass is 275 g/mol. The van der Waals surface area contributed by atoms with Crippen molar-refractivity contribution in [3.8, 4) is 5.75 Å². The smallest absolute Gasteiger partial charge is 0.225 e. The molecule has 0 saturated carbocycles. The van der Waals surface area contributed by atoms with Gasteiger partial charge in [-0.1, -0.05) is 0 Å². The maximum atomic E-state index is 12.1. The third-order valence-electron chi connectivity index (χ3n) is 4.32. The number of fused-ring (bicyclic) bond motifs is 2. The molecule has 0 radical (unpaired) electrons. The van der Waals surface area contributed by atoms with Gasteiger partial charge in [0.2, 0.25) is 5.91 Å². The van der Waals surface area contributed by atoms with Crippen LogP contribution < -0.4 is 10.6 Å². The number of carbonyl (C=O) groups is 1. The molecule has 5 heteroatoms. The predicted octanol–water partition coefficient (Wildman–Crippen LogP) is 1.95. The van der Waals surface area contributed by atoms with Crippen molar-refractivity contribution in [2.45, 2.75) is 51.1 Å². The zero-order chi connectivity index (χ0) is 14.1. The lowest BCUT2D eigenvalue weighted by Gasteiger charge is -2.28. The third-order valence-corrected chi connectivity index (χ3v) is 4.32. The second kappa shape index (κ2) is 5.40. The fourth-order valence-corrected chi connectivity index (χ4v) is 3.43. The van der Waals surface area contributed by atoms with E-state index >= 15 is 0 Å². The van der Waals surface area contributed by atoms with Gasteiger partial charge in [-0.2, -0.15) is 0 Å². The molecule has 20 heavy (non-hydrogen) atoms. The van der Waals surface area contributed by atoms with Crippen LogP contribution in [0.2, 0.25) is 0 Å². The molecular formula is C15H21N3O2. The summed E-state index contributed by atoms with van der Waals surface area (Å²) in [6, 6.07) is 4.46. The van der Waals surface area contributed by atoms with Gasteiger partial charge in [-0.3, -0.25) is 4.79 Å². The van der Waals surface area contributed by atoms with E-state index in [1.165, 1.54) is 12.8 Å². The lowest BCUT2D eigenvalue weighted by atomic mass is 9.89. The number of aromatic hydroxyl groups is 1. The maximum absolute atomic E-state index is 12.1. The molecule has 3 rings (SSSR count). The van der Waals surface area contributed by atoms with Crippen molar-refractivity contribution in [2.24, 2.45) is 5.92 Å². The van der Waals surface area contributed by atoms with Crippen LogP contribution >= 0.6 is 0 Å². The quantitative estimate of drug-likeness (QED) is 0.788. The SMILES string of the molecule is Cc1ccc(O)c(NC(=O)CC2CC3CCC(C2)N3)n1.